The first-order valence-electron chi connectivity index (χ1n) is 5.93. The summed E-state index contributed by atoms with van der Waals surface area (Å²) in [6.45, 7) is 5.18. The summed E-state index contributed by atoms with van der Waals surface area (Å²) in [4.78, 5) is 17.1. The van der Waals surface area contributed by atoms with E-state index in [1.807, 2.05) is 44.2 Å². The van der Waals surface area contributed by atoms with Gasteiger partial charge in [-0.05, 0) is 30.6 Å². The molecule has 1 heterocycles. The van der Waals surface area contributed by atoms with Gasteiger partial charge in [0.05, 0.1) is 13.2 Å². The first-order valence-corrected chi connectivity index (χ1v) is 5.93. The minimum absolute atomic E-state index is 0.265. The molecule has 96 valence electrons. The van der Waals surface area contributed by atoms with Crippen molar-refractivity contribution < 1.29 is 14.4 Å². The molecule has 2 rings (SSSR count). The van der Waals surface area contributed by atoms with Crippen molar-refractivity contribution in [3.8, 4) is 0 Å². The molecule has 0 aromatic heterocycles. The monoisotopic (exact) mass is 247 g/mol. The summed E-state index contributed by atoms with van der Waals surface area (Å²) in [6, 6.07) is 9.59. The molecule has 0 saturated carbocycles. The van der Waals surface area contributed by atoms with Crippen LogP contribution in [0.2, 0.25) is 0 Å². The molecule has 4 heteroatoms. The number of amides is 1. The Hall–Kier alpha value is -1.81. The largest absolute Gasteiger partial charge is 0.443 e. The molecule has 4 nitrogen and oxygen atoms in total. The van der Waals surface area contributed by atoms with Crippen molar-refractivity contribution in [3.05, 3.63) is 47.0 Å². The smallest absolute Gasteiger partial charge is 0.434 e. The van der Waals surface area contributed by atoms with Gasteiger partial charge < -0.3 is 4.74 Å². The van der Waals surface area contributed by atoms with Crippen molar-refractivity contribution in [2.75, 3.05) is 13.2 Å². The van der Waals surface area contributed by atoms with E-state index in [2.05, 4.69) is 0 Å². The summed E-state index contributed by atoms with van der Waals surface area (Å²) < 4.78 is 5.19. The third-order valence-corrected chi connectivity index (χ3v) is 2.95. The van der Waals surface area contributed by atoms with Crippen molar-refractivity contribution in [3.63, 3.8) is 0 Å². The molecule has 0 fully saturated rings. The average molecular weight is 247 g/mol. The predicted octanol–water partition coefficient (Wildman–Crippen LogP) is 2.91. The Labute approximate surface area is 107 Å². The van der Waals surface area contributed by atoms with Gasteiger partial charge in [-0.1, -0.05) is 30.3 Å². The lowest BCUT2D eigenvalue weighted by Gasteiger charge is -2.27. The van der Waals surface area contributed by atoms with Gasteiger partial charge in [0.1, 0.15) is 6.61 Å². The normalized spacial score (nSPS) is 15.8. The van der Waals surface area contributed by atoms with Crippen LogP contribution >= 0.6 is 0 Å². The van der Waals surface area contributed by atoms with Crippen LogP contribution in [0, 0.1) is 0 Å². The molecule has 1 aromatic carbocycles. The fourth-order valence-corrected chi connectivity index (χ4v) is 1.60. The molecule has 0 radical (unpaired) electrons. The summed E-state index contributed by atoms with van der Waals surface area (Å²) in [5.41, 5.74) is 3.28. The number of hydroxylamine groups is 2. The highest BCUT2D eigenvalue weighted by Gasteiger charge is 2.21. The van der Waals surface area contributed by atoms with Crippen LogP contribution < -0.4 is 0 Å². The molecule has 1 aliphatic rings. The summed E-state index contributed by atoms with van der Waals surface area (Å²) in [6.07, 6.45) is -0.439. The summed E-state index contributed by atoms with van der Waals surface area (Å²) in [5.74, 6) is 0. The van der Waals surface area contributed by atoms with Crippen LogP contribution in [0.3, 0.4) is 0 Å². The van der Waals surface area contributed by atoms with Crippen LogP contribution in [0.4, 0.5) is 4.79 Å². The summed E-state index contributed by atoms with van der Waals surface area (Å²) in [7, 11) is 0. The van der Waals surface area contributed by atoms with Gasteiger partial charge in [-0.15, -0.1) is 0 Å². The van der Waals surface area contributed by atoms with Crippen LogP contribution in [0.1, 0.15) is 19.4 Å². The summed E-state index contributed by atoms with van der Waals surface area (Å²) in [5, 5.41) is 1.27. The molecular weight excluding hydrogens is 230 g/mol. The highest BCUT2D eigenvalue weighted by molar-refractivity contribution is 5.67. The van der Waals surface area contributed by atoms with Gasteiger partial charge in [0.25, 0.3) is 0 Å². The average Bonchev–Trinajstić information content (AvgIpc) is 2.40. The number of hydrogen-bond acceptors (Lipinski definition) is 3. The lowest BCUT2D eigenvalue weighted by Crippen LogP contribution is -2.36. The SMILES string of the molecule is CC1=C(C)CN(C(=O)OCc2ccccc2)OC1. The molecule has 1 aliphatic heterocycles. The molecule has 0 aliphatic carbocycles. The molecule has 0 saturated heterocycles. The molecule has 0 unspecified atom stereocenters. The minimum atomic E-state index is -0.439. The van der Waals surface area contributed by atoms with Gasteiger partial charge in [-0.3, -0.25) is 4.84 Å². The Morgan fingerprint density at radius 1 is 1.28 bits per heavy atom. The van der Waals surface area contributed by atoms with Crippen LogP contribution in [0.5, 0.6) is 0 Å². The second-order valence-electron chi connectivity index (χ2n) is 4.41. The van der Waals surface area contributed by atoms with E-state index >= 15 is 0 Å². The Morgan fingerprint density at radius 3 is 2.67 bits per heavy atom. The molecule has 0 bridgehead atoms. The van der Waals surface area contributed by atoms with Gasteiger partial charge in [0, 0.05) is 0 Å². The van der Waals surface area contributed by atoms with E-state index in [9.17, 15) is 4.79 Å². The fourth-order valence-electron chi connectivity index (χ4n) is 1.60. The molecule has 1 amide bonds. The van der Waals surface area contributed by atoms with Crippen molar-refractivity contribution >= 4 is 6.09 Å². The number of hydrogen-bond donors (Lipinski definition) is 0. The Kier molecular flexibility index (Phi) is 3.99. The van der Waals surface area contributed by atoms with Crippen LogP contribution in [-0.2, 0) is 16.2 Å². The zero-order chi connectivity index (χ0) is 13.0. The zero-order valence-electron chi connectivity index (χ0n) is 10.7. The number of ether oxygens (including phenoxy) is 1. The highest BCUT2D eigenvalue weighted by atomic mass is 16.7. The maximum absolute atomic E-state index is 11.8. The number of carbonyl (C=O) groups excluding carboxylic acids is 1. The van der Waals surface area contributed by atoms with E-state index in [1.165, 1.54) is 10.6 Å². The number of nitrogens with zero attached hydrogens (tertiary/aromatic N) is 1. The molecule has 1 aromatic rings. The van der Waals surface area contributed by atoms with Gasteiger partial charge in [-0.2, -0.15) is 5.06 Å². The highest BCUT2D eigenvalue weighted by Crippen LogP contribution is 2.15. The van der Waals surface area contributed by atoms with E-state index in [0.717, 1.165) is 11.1 Å². The van der Waals surface area contributed by atoms with E-state index in [-0.39, 0.29) is 6.61 Å². The zero-order valence-corrected chi connectivity index (χ0v) is 10.7. The Morgan fingerprint density at radius 2 is 2.00 bits per heavy atom. The van der Waals surface area contributed by atoms with Gasteiger partial charge >= 0.3 is 6.09 Å². The number of carbonyl (C=O) groups is 1. The standard InChI is InChI=1S/C14H17NO3/c1-11-8-15(18-9-12(11)2)14(16)17-10-13-6-4-3-5-7-13/h3-7H,8-10H2,1-2H3. The van der Waals surface area contributed by atoms with Gasteiger partial charge in [-0.25, -0.2) is 4.79 Å². The topological polar surface area (TPSA) is 38.8 Å². The van der Waals surface area contributed by atoms with Crippen molar-refractivity contribution in [1.82, 2.24) is 5.06 Å². The number of benzene rings is 1. The third kappa shape index (κ3) is 3.11. The first kappa shape index (κ1) is 12.6. The van der Waals surface area contributed by atoms with Crippen molar-refractivity contribution in [2.24, 2.45) is 0 Å². The lowest BCUT2D eigenvalue weighted by atomic mass is 10.1. The van der Waals surface area contributed by atoms with E-state index in [1.54, 1.807) is 0 Å². The van der Waals surface area contributed by atoms with Gasteiger partial charge in [0.2, 0.25) is 0 Å². The quantitative estimate of drug-likeness (QED) is 0.754. The van der Waals surface area contributed by atoms with Crippen LogP contribution in [0.25, 0.3) is 0 Å². The Balaban J connectivity index is 1.86. The molecular formula is C14H17NO3. The predicted molar refractivity (Wildman–Crippen MR) is 67.7 cm³/mol. The molecule has 0 atom stereocenters. The first-order chi connectivity index (χ1) is 8.66. The van der Waals surface area contributed by atoms with Crippen molar-refractivity contribution in [2.45, 2.75) is 20.5 Å². The Bertz CT molecular complexity index is 453. The minimum Gasteiger partial charge on any atom is -0.443 e. The maximum atomic E-state index is 11.8. The van der Waals surface area contributed by atoms with Crippen LogP contribution in [0.15, 0.2) is 41.5 Å². The van der Waals surface area contributed by atoms with E-state index < -0.39 is 6.09 Å². The summed E-state index contributed by atoms with van der Waals surface area (Å²) >= 11 is 0. The number of rotatable bonds is 2. The van der Waals surface area contributed by atoms with Crippen molar-refractivity contribution in [1.29, 1.82) is 0 Å². The lowest BCUT2D eigenvalue weighted by molar-refractivity contribution is -0.131. The molecule has 18 heavy (non-hydrogen) atoms. The second-order valence-corrected chi connectivity index (χ2v) is 4.41. The third-order valence-electron chi connectivity index (χ3n) is 2.95. The van der Waals surface area contributed by atoms with Gasteiger partial charge in [0.15, 0.2) is 0 Å². The second kappa shape index (κ2) is 5.69. The fraction of sp³-hybridized carbons (Fsp3) is 0.357. The maximum Gasteiger partial charge on any atom is 0.434 e. The van der Waals surface area contributed by atoms with E-state index in [0.29, 0.717) is 13.2 Å². The van der Waals surface area contributed by atoms with E-state index in [4.69, 9.17) is 9.57 Å². The van der Waals surface area contributed by atoms with Crippen LogP contribution in [-0.4, -0.2) is 24.3 Å². The molecule has 0 N–H and O–H groups in total. The molecule has 0 spiro atoms.